The SMILES string of the molecule is C[Si](C)(C)C#CC12C3CCCC1C32Br. The van der Waals surface area contributed by atoms with Crippen LogP contribution in [0.4, 0.5) is 0 Å². The molecule has 0 aromatic heterocycles. The van der Waals surface area contributed by atoms with Crippen molar-refractivity contribution in [1.82, 2.24) is 0 Å². The molecule has 3 aliphatic carbocycles. The second-order valence-electron chi connectivity index (χ2n) is 6.17. The molecule has 2 atom stereocenters. The molecule has 3 aliphatic rings. The highest BCUT2D eigenvalue weighted by atomic mass is 79.9. The number of alkyl halides is 1. The van der Waals surface area contributed by atoms with E-state index in [0.717, 1.165) is 11.8 Å². The van der Waals surface area contributed by atoms with E-state index < -0.39 is 8.07 Å². The Balaban J connectivity index is 1.86. The summed E-state index contributed by atoms with van der Waals surface area (Å²) in [4.78, 5) is 0. The summed E-state index contributed by atoms with van der Waals surface area (Å²) in [6.45, 7) is 7.02. The molecule has 76 valence electrons. The maximum atomic E-state index is 3.94. The first-order chi connectivity index (χ1) is 6.43. The van der Waals surface area contributed by atoms with Gasteiger partial charge in [-0.1, -0.05) is 42.0 Å². The van der Waals surface area contributed by atoms with Crippen LogP contribution in [0.5, 0.6) is 0 Å². The van der Waals surface area contributed by atoms with Gasteiger partial charge in [0.05, 0.1) is 9.74 Å². The Morgan fingerprint density at radius 2 is 1.79 bits per heavy atom. The molecule has 0 saturated heterocycles. The molecule has 0 bridgehead atoms. The predicted octanol–water partition coefficient (Wildman–Crippen LogP) is 3.43. The molecule has 0 radical (unpaired) electrons. The molecule has 0 N–H and O–H groups in total. The van der Waals surface area contributed by atoms with Gasteiger partial charge in [-0.15, -0.1) is 11.5 Å². The van der Waals surface area contributed by atoms with E-state index in [1.807, 2.05) is 0 Å². The van der Waals surface area contributed by atoms with E-state index in [1.165, 1.54) is 19.3 Å². The standard InChI is InChI=1S/C12H17BrSi/c1-14(2,3)8-7-11-9-5-4-6-10(11)12(9,11)13/h9-10H,4-6H2,1-3H3. The normalized spacial score (nSPS) is 52.9. The van der Waals surface area contributed by atoms with Crippen LogP contribution in [0.3, 0.4) is 0 Å². The van der Waals surface area contributed by atoms with Crippen LogP contribution in [0.1, 0.15) is 19.3 Å². The van der Waals surface area contributed by atoms with E-state index in [-0.39, 0.29) is 0 Å². The highest BCUT2D eigenvalue weighted by Crippen LogP contribution is 2.94. The molecule has 3 rings (SSSR count). The van der Waals surface area contributed by atoms with Gasteiger partial charge in [-0.3, -0.25) is 0 Å². The fourth-order valence-electron chi connectivity index (χ4n) is 3.48. The van der Waals surface area contributed by atoms with Crippen molar-refractivity contribution < 1.29 is 0 Å². The van der Waals surface area contributed by atoms with Crippen molar-refractivity contribution in [2.75, 3.05) is 0 Å². The van der Waals surface area contributed by atoms with Gasteiger partial charge in [0.2, 0.25) is 0 Å². The second-order valence-corrected chi connectivity index (χ2v) is 12.2. The fraction of sp³-hybridized carbons (Fsp3) is 0.833. The Bertz CT molecular complexity index is 343. The zero-order valence-electron chi connectivity index (χ0n) is 9.15. The third-order valence-corrected chi connectivity index (χ3v) is 6.85. The van der Waals surface area contributed by atoms with Gasteiger partial charge in [-0.05, 0) is 24.7 Å². The largest absolute Gasteiger partial charge is 0.131 e. The second kappa shape index (κ2) is 2.33. The predicted molar refractivity (Wildman–Crippen MR) is 66.0 cm³/mol. The molecule has 3 fully saturated rings. The van der Waals surface area contributed by atoms with Crippen molar-refractivity contribution in [3.63, 3.8) is 0 Å². The van der Waals surface area contributed by atoms with Crippen LogP contribution in [-0.4, -0.2) is 12.4 Å². The summed E-state index contributed by atoms with van der Waals surface area (Å²) >= 11 is 3.94. The molecule has 0 nitrogen and oxygen atoms in total. The van der Waals surface area contributed by atoms with Crippen molar-refractivity contribution >= 4 is 24.0 Å². The fourth-order valence-corrected chi connectivity index (χ4v) is 5.66. The minimum absolute atomic E-state index is 0.464. The molecule has 2 unspecified atom stereocenters. The highest BCUT2D eigenvalue weighted by Gasteiger charge is 2.97. The molecule has 2 heteroatoms. The smallest absolute Gasteiger partial charge is 0.129 e. The van der Waals surface area contributed by atoms with Crippen molar-refractivity contribution in [3.8, 4) is 11.5 Å². The summed E-state index contributed by atoms with van der Waals surface area (Å²) in [6.07, 6.45) is 4.28. The lowest BCUT2D eigenvalue weighted by Gasteiger charge is -2.23. The molecular weight excluding hydrogens is 252 g/mol. The Morgan fingerprint density at radius 1 is 1.21 bits per heavy atom. The third kappa shape index (κ3) is 0.870. The van der Waals surface area contributed by atoms with Crippen LogP contribution in [0.25, 0.3) is 0 Å². The van der Waals surface area contributed by atoms with Crippen LogP contribution >= 0.6 is 15.9 Å². The van der Waals surface area contributed by atoms with Crippen molar-refractivity contribution in [1.29, 1.82) is 0 Å². The zero-order valence-corrected chi connectivity index (χ0v) is 11.7. The van der Waals surface area contributed by atoms with Crippen molar-refractivity contribution in [3.05, 3.63) is 0 Å². The number of fused-ring (bicyclic) bond motifs is 2. The minimum Gasteiger partial charge on any atom is -0.131 e. The van der Waals surface area contributed by atoms with E-state index in [0.29, 0.717) is 9.74 Å². The van der Waals surface area contributed by atoms with Gasteiger partial charge in [-0.2, -0.15) is 0 Å². The number of halogens is 1. The van der Waals surface area contributed by atoms with Crippen LogP contribution in [-0.2, 0) is 0 Å². The van der Waals surface area contributed by atoms with Gasteiger partial charge in [0, 0.05) is 0 Å². The summed E-state index contributed by atoms with van der Waals surface area (Å²) < 4.78 is 0.505. The summed E-state index contributed by atoms with van der Waals surface area (Å²) in [5.41, 5.74) is 4.04. The van der Waals surface area contributed by atoms with Gasteiger partial charge < -0.3 is 0 Å². The third-order valence-electron chi connectivity index (χ3n) is 4.21. The van der Waals surface area contributed by atoms with E-state index in [9.17, 15) is 0 Å². The van der Waals surface area contributed by atoms with Crippen LogP contribution in [0.2, 0.25) is 19.6 Å². The molecule has 0 heterocycles. The molecule has 3 saturated carbocycles. The van der Waals surface area contributed by atoms with Gasteiger partial charge in [0.25, 0.3) is 0 Å². The molecule has 0 spiro atoms. The van der Waals surface area contributed by atoms with Crippen LogP contribution < -0.4 is 0 Å². The van der Waals surface area contributed by atoms with Crippen molar-refractivity contribution in [2.45, 2.75) is 43.2 Å². The summed E-state index contributed by atoms with van der Waals surface area (Å²) in [7, 11) is -1.16. The molecule has 0 aromatic carbocycles. The summed E-state index contributed by atoms with van der Waals surface area (Å²) in [5.74, 6) is 5.48. The highest BCUT2D eigenvalue weighted by molar-refractivity contribution is 9.10. The quantitative estimate of drug-likeness (QED) is 0.359. The van der Waals surface area contributed by atoms with Gasteiger partial charge >= 0.3 is 0 Å². The Labute approximate surface area is 96.0 Å². The molecular formula is C12H17BrSi. The summed E-state index contributed by atoms with van der Waals surface area (Å²) in [5, 5.41) is 0. The lowest BCUT2D eigenvalue weighted by Crippen LogP contribution is -2.20. The Morgan fingerprint density at radius 3 is 2.21 bits per heavy atom. The first-order valence-corrected chi connectivity index (χ1v) is 9.95. The maximum Gasteiger partial charge on any atom is 0.129 e. The van der Waals surface area contributed by atoms with Crippen LogP contribution in [0.15, 0.2) is 0 Å². The molecule has 0 amide bonds. The number of hydrogen-bond acceptors (Lipinski definition) is 0. The first-order valence-electron chi connectivity index (χ1n) is 5.66. The van der Waals surface area contributed by atoms with E-state index >= 15 is 0 Å². The molecule has 14 heavy (non-hydrogen) atoms. The number of rotatable bonds is 0. The minimum atomic E-state index is -1.16. The topological polar surface area (TPSA) is 0 Å². The van der Waals surface area contributed by atoms with Crippen LogP contribution in [0, 0.1) is 28.7 Å². The molecule has 0 aromatic rings. The number of hydrogen-bond donors (Lipinski definition) is 0. The average Bonchev–Trinajstić information content (AvgIpc) is 2.86. The van der Waals surface area contributed by atoms with E-state index in [1.54, 1.807) is 0 Å². The van der Waals surface area contributed by atoms with Gasteiger partial charge in [0.1, 0.15) is 8.07 Å². The summed E-state index contributed by atoms with van der Waals surface area (Å²) in [6, 6.07) is 0. The van der Waals surface area contributed by atoms with Gasteiger partial charge in [0.15, 0.2) is 0 Å². The van der Waals surface area contributed by atoms with E-state index in [4.69, 9.17) is 0 Å². The maximum absolute atomic E-state index is 3.94. The Hall–Kier alpha value is 0.257. The lowest BCUT2D eigenvalue weighted by molar-refractivity contribution is 0.319. The first kappa shape index (κ1) is 9.48. The van der Waals surface area contributed by atoms with Gasteiger partial charge in [-0.25, -0.2) is 0 Å². The monoisotopic (exact) mass is 268 g/mol. The van der Waals surface area contributed by atoms with Crippen molar-refractivity contribution in [2.24, 2.45) is 17.3 Å². The lowest BCUT2D eigenvalue weighted by atomic mass is 9.83. The molecule has 0 aliphatic heterocycles. The zero-order chi connectivity index (χ0) is 10.2. The average molecular weight is 269 g/mol. The Kier molecular flexibility index (Phi) is 1.58. The van der Waals surface area contributed by atoms with E-state index in [2.05, 4.69) is 47.0 Å².